The van der Waals surface area contributed by atoms with Gasteiger partial charge in [-0.05, 0) is 37.0 Å². The third-order valence-electron chi connectivity index (χ3n) is 4.46. The first kappa shape index (κ1) is 17.9. The van der Waals surface area contributed by atoms with Crippen LogP contribution < -0.4 is 4.72 Å². The maximum Gasteiger partial charge on any atom is 0.240 e. The first-order valence-corrected chi connectivity index (χ1v) is 9.78. The van der Waals surface area contributed by atoms with Crippen molar-refractivity contribution in [3.63, 3.8) is 0 Å². The number of rotatable bonds is 7. The van der Waals surface area contributed by atoms with Crippen LogP contribution in [0.1, 0.15) is 45.1 Å². The van der Waals surface area contributed by atoms with Gasteiger partial charge < -0.3 is 4.90 Å². The Balaban J connectivity index is 1.93. The van der Waals surface area contributed by atoms with Gasteiger partial charge in [-0.2, -0.15) is 0 Å². The molecule has 1 amide bonds. The normalized spacial score (nSPS) is 15.7. The fourth-order valence-electron chi connectivity index (χ4n) is 3.10. The molecule has 0 atom stereocenters. The molecule has 1 aromatic rings. The van der Waals surface area contributed by atoms with Crippen molar-refractivity contribution in [2.45, 2.75) is 56.9 Å². The fourth-order valence-corrected chi connectivity index (χ4v) is 4.12. The molecule has 5 nitrogen and oxygen atoms in total. The molecule has 0 spiro atoms. The Bertz CT molecular complexity index is 620. The van der Waals surface area contributed by atoms with E-state index in [9.17, 15) is 13.2 Å². The minimum atomic E-state index is -3.52. The zero-order valence-corrected chi connectivity index (χ0v) is 14.7. The summed E-state index contributed by atoms with van der Waals surface area (Å²) in [6, 6.07) is 7.17. The van der Waals surface area contributed by atoms with E-state index in [0.717, 1.165) is 37.7 Å². The van der Waals surface area contributed by atoms with E-state index in [-0.39, 0.29) is 23.4 Å². The number of nitrogens with zero attached hydrogens (tertiary/aromatic N) is 1. The van der Waals surface area contributed by atoms with Gasteiger partial charge in [0.1, 0.15) is 0 Å². The van der Waals surface area contributed by atoms with Gasteiger partial charge in [0.05, 0.1) is 4.90 Å². The van der Waals surface area contributed by atoms with Crippen molar-refractivity contribution < 1.29 is 13.2 Å². The molecule has 0 heterocycles. The molecule has 0 aliphatic heterocycles. The molecule has 128 valence electrons. The number of nitrogens with one attached hydrogen (secondary N) is 1. The average Bonchev–Trinajstić information content (AvgIpc) is 3.05. The van der Waals surface area contributed by atoms with Gasteiger partial charge in [-0.1, -0.05) is 31.9 Å². The molecule has 2 rings (SSSR count). The lowest BCUT2D eigenvalue weighted by Crippen LogP contribution is -2.42. The predicted octanol–water partition coefficient (Wildman–Crippen LogP) is 2.32. The zero-order valence-electron chi connectivity index (χ0n) is 13.9. The van der Waals surface area contributed by atoms with E-state index in [0.29, 0.717) is 6.54 Å². The standard InChI is InChI=1S/C17H26N2O3S/c1-3-15-8-10-17(11-9-15)23(21,22)18-12-13-19(14(2)20)16-6-4-5-7-16/h8-11,16,18H,3-7,12-13H2,1-2H3. The maximum atomic E-state index is 12.3. The molecule has 1 saturated carbocycles. The van der Waals surface area contributed by atoms with Crippen LogP contribution in [-0.4, -0.2) is 38.4 Å². The Labute approximate surface area is 139 Å². The molecule has 1 N–H and O–H groups in total. The highest BCUT2D eigenvalue weighted by atomic mass is 32.2. The molecule has 0 saturated heterocycles. The van der Waals surface area contributed by atoms with E-state index in [1.807, 2.05) is 19.1 Å². The number of hydrogen-bond acceptors (Lipinski definition) is 3. The molecule has 0 radical (unpaired) electrons. The van der Waals surface area contributed by atoms with Gasteiger partial charge in [-0.15, -0.1) is 0 Å². The van der Waals surface area contributed by atoms with Gasteiger partial charge in [-0.25, -0.2) is 13.1 Å². The van der Waals surface area contributed by atoms with Crippen molar-refractivity contribution >= 4 is 15.9 Å². The summed E-state index contributed by atoms with van der Waals surface area (Å²) in [7, 11) is -3.52. The van der Waals surface area contributed by atoms with E-state index in [2.05, 4.69) is 4.72 Å². The quantitative estimate of drug-likeness (QED) is 0.830. The van der Waals surface area contributed by atoms with E-state index in [1.54, 1.807) is 24.0 Å². The van der Waals surface area contributed by atoms with Crippen LogP contribution in [0.25, 0.3) is 0 Å². The summed E-state index contributed by atoms with van der Waals surface area (Å²) in [5, 5.41) is 0. The van der Waals surface area contributed by atoms with E-state index in [1.165, 1.54) is 0 Å². The van der Waals surface area contributed by atoms with Crippen LogP contribution in [0.4, 0.5) is 0 Å². The lowest BCUT2D eigenvalue weighted by molar-refractivity contribution is -0.130. The lowest BCUT2D eigenvalue weighted by atomic mass is 10.2. The molecule has 1 aromatic carbocycles. The van der Waals surface area contributed by atoms with Gasteiger partial charge in [-0.3, -0.25) is 4.79 Å². The summed E-state index contributed by atoms with van der Waals surface area (Å²) in [6.07, 6.45) is 5.20. The van der Waals surface area contributed by atoms with Crippen LogP contribution in [0, 0.1) is 0 Å². The van der Waals surface area contributed by atoms with E-state index >= 15 is 0 Å². The molecule has 6 heteroatoms. The number of benzene rings is 1. The predicted molar refractivity (Wildman–Crippen MR) is 90.7 cm³/mol. The second-order valence-corrected chi connectivity index (χ2v) is 7.81. The summed E-state index contributed by atoms with van der Waals surface area (Å²) < 4.78 is 27.2. The number of hydrogen-bond donors (Lipinski definition) is 1. The molecule has 0 aromatic heterocycles. The highest BCUT2D eigenvalue weighted by molar-refractivity contribution is 7.89. The Morgan fingerprint density at radius 1 is 1.22 bits per heavy atom. The molecule has 23 heavy (non-hydrogen) atoms. The highest BCUT2D eigenvalue weighted by Crippen LogP contribution is 2.23. The van der Waals surface area contributed by atoms with Gasteiger partial charge in [0, 0.05) is 26.1 Å². The molecule has 1 fully saturated rings. The first-order chi connectivity index (χ1) is 10.9. The number of aryl methyl sites for hydroxylation is 1. The van der Waals surface area contributed by atoms with Crippen molar-refractivity contribution in [2.24, 2.45) is 0 Å². The zero-order chi connectivity index (χ0) is 16.9. The van der Waals surface area contributed by atoms with Crippen LogP contribution >= 0.6 is 0 Å². The van der Waals surface area contributed by atoms with Gasteiger partial charge >= 0.3 is 0 Å². The van der Waals surface area contributed by atoms with Crippen molar-refractivity contribution in [1.29, 1.82) is 0 Å². The third-order valence-corrected chi connectivity index (χ3v) is 5.93. The SMILES string of the molecule is CCc1ccc(S(=O)(=O)NCCN(C(C)=O)C2CCCC2)cc1. The van der Waals surface area contributed by atoms with Crippen molar-refractivity contribution in [1.82, 2.24) is 9.62 Å². The Morgan fingerprint density at radius 3 is 2.35 bits per heavy atom. The Hall–Kier alpha value is -1.40. The summed E-state index contributed by atoms with van der Waals surface area (Å²) in [5.41, 5.74) is 1.10. The van der Waals surface area contributed by atoms with Gasteiger partial charge in [0.2, 0.25) is 15.9 Å². The number of carbonyl (C=O) groups excluding carboxylic acids is 1. The molecule has 1 aliphatic rings. The summed E-state index contributed by atoms with van der Waals surface area (Å²) in [5.74, 6) is 0.0170. The number of carbonyl (C=O) groups is 1. The molecular formula is C17H26N2O3S. The minimum Gasteiger partial charge on any atom is -0.339 e. The molecule has 0 bridgehead atoms. The van der Waals surface area contributed by atoms with Crippen LogP contribution in [0.3, 0.4) is 0 Å². The fraction of sp³-hybridized carbons (Fsp3) is 0.588. The lowest BCUT2D eigenvalue weighted by Gasteiger charge is -2.27. The van der Waals surface area contributed by atoms with Crippen LogP contribution in [-0.2, 0) is 21.2 Å². The third kappa shape index (κ3) is 4.78. The maximum absolute atomic E-state index is 12.3. The van der Waals surface area contributed by atoms with Crippen LogP contribution in [0.15, 0.2) is 29.2 Å². The van der Waals surface area contributed by atoms with E-state index in [4.69, 9.17) is 0 Å². The molecular weight excluding hydrogens is 312 g/mol. The van der Waals surface area contributed by atoms with Crippen LogP contribution in [0.5, 0.6) is 0 Å². The second-order valence-electron chi connectivity index (χ2n) is 6.05. The van der Waals surface area contributed by atoms with Gasteiger partial charge in [0.15, 0.2) is 0 Å². The van der Waals surface area contributed by atoms with Crippen molar-refractivity contribution in [3.05, 3.63) is 29.8 Å². The molecule has 1 aliphatic carbocycles. The topological polar surface area (TPSA) is 66.5 Å². The second kappa shape index (κ2) is 7.93. The number of sulfonamides is 1. The first-order valence-electron chi connectivity index (χ1n) is 8.30. The monoisotopic (exact) mass is 338 g/mol. The van der Waals surface area contributed by atoms with Crippen molar-refractivity contribution in [2.75, 3.05) is 13.1 Å². The summed E-state index contributed by atoms with van der Waals surface area (Å²) in [6.45, 7) is 4.25. The number of amides is 1. The van der Waals surface area contributed by atoms with Crippen LogP contribution in [0.2, 0.25) is 0 Å². The molecule has 0 unspecified atom stereocenters. The summed E-state index contributed by atoms with van der Waals surface area (Å²) >= 11 is 0. The summed E-state index contributed by atoms with van der Waals surface area (Å²) in [4.78, 5) is 13.8. The van der Waals surface area contributed by atoms with Crippen molar-refractivity contribution in [3.8, 4) is 0 Å². The largest absolute Gasteiger partial charge is 0.339 e. The highest BCUT2D eigenvalue weighted by Gasteiger charge is 2.24. The average molecular weight is 338 g/mol. The Morgan fingerprint density at radius 2 is 1.83 bits per heavy atom. The van der Waals surface area contributed by atoms with Gasteiger partial charge in [0.25, 0.3) is 0 Å². The smallest absolute Gasteiger partial charge is 0.240 e. The minimum absolute atomic E-state index is 0.0170. The Kier molecular flexibility index (Phi) is 6.18. The van der Waals surface area contributed by atoms with E-state index < -0.39 is 10.0 Å².